The average Bonchev–Trinajstić information content (AvgIpc) is 2.81. The number of nitrogens with one attached hydrogen (secondary N) is 1. The minimum absolute atomic E-state index is 0.0156. The summed E-state index contributed by atoms with van der Waals surface area (Å²) in [7, 11) is 0. The smallest absolute Gasteiger partial charge is 0.317 e. The van der Waals surface area contributed by atoms with Crippen LogP contribution in [0.3, 0.4) is 0 Å². The number of carbonyl (C=O) groups is 1. The van der Waals surface area contributed by atoms with Crippen LogP contribution in [0.1, 0.15) is 51.1 Å². The maximum atomic E-state index is 12.6. The molecule has 2 rings (SSSR count). The molecule has 2 heterocycles. The zero-order chi connectivity index (χ0) is 16.5. The van der Waals surface area contributed by atoms with Gasteiger partial charge in [-0.05, 0) is 36.5 Å². The molecule has 1 aromatic heterocycles. The Hall–Kier alpha value is -1.62. The van der Waals surface area contributed by atoms with Crippen molar-refractivity contribution in [3.8, 4) is 0 Å². The number of nitrogens with zero attached hydrogens (tertiary/aromatic N) is 2. The SMILES string of the molecule is CC(C)COCCNC(=O)N1CCCCCC1c1ccncc1. The fourth-order valence-electron chi connectivity index (χ4n) is 2.93. The lowest BCUT2D eigenvalue weighted by molar-refractivity contribution is 0.109. The van der Waals surface area contributed by atoms with Crippen molar-refractivity contribution in [3.05, 3.63) is 30.1 Å². The highest BCUT2D eigenvalue weighted by Crippen LogP contribution is 2.29. The monoisotopic (exact) mass is 319 g/mol. The van der Waals surface area contributed by atoms with Gasteiger partial charge in [-0.2, -0.15) is 0 Å². The van der Waals surface area contributed by atoms with Crippen LogP contribution in [0.25, 0.3) is 0 Å². The van der Waals surface area contributed by atoms with E-state index in [-0.39, 0.29) is 12.1 Å². The van der Waals surface area contributed by atoms with Crippen LogP contribution in [0.4, 0.5) is 4.79 Å². The van der Waals surface area contributed by atoms with E-state index in [2.05, 4.69) is 24.1 Å². The van der Waals surface area contributed by atoms with Crippen molar-refractivity contribution >= 4 is 6.03 Å². The third kappa shape index (κ3) is 5.82. The second-order valence-electron chi connectivity index (χ2n) is 6.54. The van der Waals surface area contributed by atoms with Gasteiger partial charge < -0.3 is 15.0 Å². The third-order valence-electron chi connectivity index (χ3n) is 4.08. The minimum Gasteiger partial charge on any atom is -0.379 e. The summed E-state index contributed by atoms with van der Waals surface area (Å²) < 4.78 is 5.53. The van der Waals surface area contributed by atoms with Crippen molar-refractivity contribution in [1.29, 1.82) is 0 Å². The first kappa shape index (κ1) is 17.7. The number of carbonyl (C=O) groups excluding carboxylic acids is 1. The Morgan fingerprint density at radius 3 is 2.87 bits per heavy atom. The van der Waals surface area contributed by atoms with Gasteiger partial charge in [0.1, 0.15) is 0 Å². The molecular formula is C18H29N3O2. The second-order valence-corrected chi connectivity index (χ2v) is 6.54. The van der Waals surface area contributed by atoms with Crippen molar-refractivity contribution in [2.24, 2.45) is 5.92 Å². The number of amides is 2. The summed E-state index contributed by atoms with van der Waals surface area (Å²) in [5.74, 6) is 0.521. The highest BCUT2D eigenvalue weighted by Gasteiger charge is 2.26. The first-order valence-corrected chi connectivity index (χ1v) is 8.70. The summed E-state index contributed by atoms with van der Waals surface area (Å²) in [6.07, 6.45) is 8.03. The van der Waals surface area contributed by atoms with Crippen LogP contribution in [0, 0.1) is 5.92 Å². The van der Waals surface area contributed by atoms with Gasteiger partial charge in [-0.25, -0.2) is 4.79 Å². The number of aromatic nitrogens is 1. The number of hydrogen-bond donors (Lipinski definition) is 1. The number of pyridine rings is 1. The molecule has 128 valence electrons. The highest BCUT2D eigenvalue weighted by molar-refractivity contribution is 5.74. The van der Waals surface area contributed by atoms with Gasteiger partial charge in [0.25, 0.3) is 0 Å². The molecule has 1 aromatic rings. The fourth-order valence-corrected chi connectivity index (χ4v) is 2.93. The molecule has 5 nitrogen and oxygen atoms in total. The van der Waals surface area contributed by atoms with Crippen molar-refractivity contribution in [3.63, 3.8) is 0 Å². The molecule has 1 aliphatic heterocycles. The number of hydrogen-bond acceptors (Lipinski definition) is 3. The van der Waals surface area contributed by atoms with Gasteiger partial charge in [-0.15, -0.1) is 0 Å². The standard InChI is InChI=1S/C18H29N3O2/c1-15(2)14-23-13-11-20-18(22)21-12-5-3-4-6-17(21)16-7-9-19-10-8-16/h7-10,15,17H,3-6,11-14H2,1-2H3,(H,20,22). The quantitative estimate of drug-likeness (QED) is 0.818. The van der Waals surface area contributed by atoms with Crippen molar-refractivity contribution in [2.75, 3.05) is 26.3 Å². The Labute approximate surface area is 139 Å². The molecular weight excluding hydrogens is 290 g/mol. The Balaban J connectivity index is 1.89. The molecule has 0 saturated carbocycles. The van der Waals surface area contributed by atoms with Crippen molar-refractivity contribution < 1.29 is 9.53 Å². The molecule has 1 saturated heterocycles. The third-order valence-corrected chi connectivity index (χ3v) is 4.08. The van der Waals surface area contributed by atoms with E-state index in [1.807, 2.05) is 17.0 Å². The normalized spacial score (nSPS) is 18.7. The van der Waals surface area contributed by atoms with E-state index in [4.69, 9.17) is 4.74 Å². The predicted octanol–water partition coefficient (Wildman–Crippen LogP) is 3.38. The van der Waals surface area contributed by atoms with E-state index in [9.17, 15) is 4.79 Å². The van der Waals surface area contributed by atoms with Crippen molar-refractivity contribution in [2.45, 2.75) is 45.6 Å². The van der Waals surface area contributed by atoms with E-state index < -0.39 is 0 Å². The van der Waals surface area contributed by atoms with Crippen LogP contribution < -0.4 is 5.32 Å². The van der Waals surface area contributed by atoms with Gasteiger partial charge in [0.15, 0.2) is 0 Å². The van der Waals surface area contributed by atoms with Gasteiger partial charge in [0.2, 0.25) is 0 Å². The summed E-state index contributed by atoms with van der Waals surface area (Å²) >= 11 is 0. The first-order valence-electron chi connectivity index (χ1n) is 8.70. The lowest BCUT2D eigenvalue weighted by atomic mass is 10.0. The Kier molecular flexibility index (Phi) is 7.33. The van der Waals surface area contributed by atoms with Crippen LogP contribution >= 0.6 is 0 Å². The average molecular weight is 319 g/mol. The van der Waals surface area contributed by atoms with Crippen LogP contribution in [0.15, 0.2) is 24.5 Å². The maximum Gasteiger partial charge on any atom is 0.317 e. The Bertz CT molecular complexity index is 465. The van der Waals surface area contributed by atoms with Crippen LogP contribution in [0.2, 0.25) is 0 Å². The van der Waals surface area contributed by atoms with Crippen molar-refractivity contribution in [1.82, 2.24) is 15.2 Å². The molecule has 1 atom stereocenters. The van der Waals surface area contributed by atoms with E-state index in [1.165, 1.54) is 12.0 Å². The summed E-state index contributed by atoms with van der Waals surface area (Å²) in [6, 6.07) is 4.20. The Morgan fingerprint density at radius 1 is 1.35 bits per heavy atom. The number of rotatable bonds is 6. The second kappa shape index (κ2) is 9.50. The largest absolute Gasteiger partial charge is 0.379 e. The van der Waals surface area contributed by atoms with Gasteiger partial charge in [0.05, 0.1) is 12.6 Å². The Morgan fingerprint density at radius 2 is 2.13 bits per heavy atom. The maximum absolute atomic E-state index is 12.6. The molecule has 23 heavy (non-hydrogen) atoms. The molecule has 0 radical (unpaired) electrons. The molecule has 0 bridgehead atoms. The van der Waals surface area contributed by atoms with E-state index in [0.29, 0.717) is 19.1 Å². The molecule has 0 aromatic carbocycles. The summed E-state index contributed by atoms with van der Waals surface area (Å²) in [4.78, 5) is 18.6. The van der Waals surface area contributed by atoms with E-state index >= 15 is 0 Å². The van der Waals surface area contributed by atoms with Crippen LogP contribution in [-0.2, 0) is 4.74 Å². The summed E-state index contributed by atoms with van der Waals surface area (Å²) in [5.41, 5.74) is 1.17. The molecule has 1 fully saturated rings. The fraction of sp³-hybridized carbons (Fsp3) is 0.667. The number of urea groups is 1. The van der Waals surface area contributed by atoms with E-state index in [0.717, 1.165) is 32.4 Å². The van der Waals surface area contributed by atoms with E-state index in [1.54, 1.807) is 12.4 Å². The predicted molar refractivity (Wildman–Crippen MR) is 91.2 cm³/mol. The molecule has 1 N–H and O–H groups in total. The highest BCUT2D eigenvalue weighted by atomic mass is 16.5. The van der Waals surface area contributed by atoms with Crippen LogP contribution in [-0.4, -0.2) is 42.2 Å². The summed E-state index contributed by atoms with van der Waals surface area (Å²) in [6.45, 7) is 6.91. The summed E-state index contributed by atoms with van der Waals surface area (Å²) in [5, 5.41) is 3.00. The zero-order valence-electron chi connectivity index (χ0n) is 14.3. The van der Waals surface area contributed by atoms with Gasteiger partial charge in [-0.3, -0.25) is 4.98 Å². The van der Waals surface area contributed by atoms with Gasteiger partial charge in [-0.1, -0.05) is 26.7 Å². The lowest BCUT2D eigenvalue weighted by Crippen LogP contribution is -2.43. The molecule has 5 heteroatoms. The number of ether oxygens (including phenoxy) is 1. The molecule has 0 spiro atoms. The van der Waals surface area contributed by atoms with Crippen LogP contribution in [0.5, 0.6) is 0 Å². The topological polar surface area (TPSA) is 54.5 Å². The zero-order valence-corrected chi connectivity index (χ0v) is 14.3. The molecule has 0 aliphatic carbocycles. The van der Waals surface area contributed by atoms with Gasteiger partial charge in [0, 0.05) is 32.1 Å². The molecule has 2 amide bonds. The lowest BCUT2D eigenvalue weighted by Gasteiger charge is -2.30. The van der Waals surface area contributed by atoms with Gasteiger partial charge >= 0.3 is 6.03 Å². The number of likely N-dealkylation sites (tertiary alicyclic amines) is 1. The minimum atomic E-state index is 0.0156. The first-order chi connectivity index (χ1) is 11.2. The molecule has 1 unspecified atom stereocenters. The molecule has 1 aliphatic rings.